The van der Waals surface area contributed by atoms with Gasteiger partial charge in [0.1, 0.15) is 18.5 Å². The van der Waals surface area contributed by atoms with Crippen LogP contribution in [-0.4, -0.2) is 54.9 Å². The number of para-hydroxylation sites is 1. The maximum absolute atomic E-state index is 13.0. The van der Waals surface area contributed by atoms with Gasteiger partial charge in [-0.05, 0) is 45.8 Å². The van der Waals surface area contributed by atoms with E-state index in [1.807, 2.05) is 18.2 Å². The van der Waals surface area contributed by atoms with E-state index in [1.54, 1.807) is 24.3 Å². The first-order valence-corrected chi connectivity index (χ1v) is 11.9. The number of methoxy groups -OCH3 is 1. The number of imidazole rings is 1. The van der Waals surface area contributed by atoms with Gasteiger partial charge in [-0.1, -0.05) is 18.2 Å². The lowest BCUT2D eigenvalue weighted by atomic mass is 10.2. The van der Waals surface area contributed by atoms with Crippen LogP contribution in [0.3, 0.4) is 0 Å². The molecule has 1 unspecified atom stereocenters. The predicted molar refractivity (Wildman–Crippen MR) is 142 cm³/mol. The van der Waals surface area contributed by atoms with Crippen molar-refractivity contribution in [3.8, 4) is 17.2 Å². The Balaban J connectivity index is 1.67. The molecule has 13 heteroatoms. The summed E-state index contributed by atoms with van der Waals surface area (Å²) >= 11 is 3.26. The van der Waals surface area contributed by atoms with Gasteiger partial charge in [0.2, 0.25) is 5.95 Å². The highest BCUT2D eigenvalue weighted by Crippen LogP contribution is 2.34. The molecule has 2 heterocycles. The van der Waals surface area contributed by atoms with Crippen molar-refractivity contribution >= 4 is 39.3 Å². The van der Waals surface area contributed by atoms with Crippen LogP contribution in [0.1, 0.15) is 5.56 Å². The average molecular weight is 573 g/mol. The summed E-state index contributed by atoms with van der Waals surface area (Å²) in [5.41, 5.74) is 2.53. The Morgan fingerprint density at radius 1 is 1.19 bits per heavy atom. The SMILES string of the molecule is COc1cc(C=NNc2nc3c(c(=O)n(C)c(=O)n3C)n2CC(O)COc2ccccc2)cc(Br)c1O. The number of benzene rings is 2. The molecule has 2 aromatic carbocycles. The smallest absolute Gasteiger partial charge is 0.332 e. The Morgan fingerprint density at radius 2 is 1.92 bits per heavy atom. The Kier molecular flexibility index (Phi) is 7.64. The number of rotatable bonds is 9. The summed E-state index contributed by atoms with van der Waals surface area (Å²) in [6.45, 7) is -0.104. The van der Waals surface area contributed by atoms with Crippen LogP contribution in [0, 0.1) is 0 Å². The number of hydrogen-bond acceptors (Lipinski definition) is 9. The Hall–Kier alpha value is -4.10. The molecule has 0 saturated heterocycles. The summed E-state index contributed by atoms with van der Waals surface area (Å²) in [6.07, 6.45) is 0.448. The maximum atomic E-state index is 13.0. The Bertz CT molecular complexity index is 1580. The van der Waals surface area contributed by atoms with E-state index in [4.69, 9.17) is 9.47 Å². The first-order valence-electron chi connectivity index (χ1n) is 11.1. The topological polar surface area (TPSA) is 145 Å². The number of phenolic OH excluding ortho intramolecular Hbond substituents is 1. The van der Waals surface area contributed by atoms with Crippen molar-refractivity contribution in [2.75, 3.05) is 19.1 Å². The van der Waals surface area contributed by atoms with Crippen molar-refractivity contribution in [2.24, 2.45) is 19.2 Å². The number of anilines is 1. The number of hydrazone groups is 1. The fourth-order valence-electron chi connectivity index (χ4n) is 3.67. The van der Waals surface area contributed by atoms with Crippen molar-refractivity contribution in [3.63, 3.8) is 0 Å². The number of aromatic hydroxyl groups is 1. The second kappa shape index (κ2) is 10.9. The van der Waals surface area contributed by atoms with Crippen LogP contribution in [0.25, 0.3) is 11.2 Å². The third kappa shape index (κ3) is 5.37. The summed E-state index contributed by atoms with van der Waals surface area (Å²) in [5, 5.41) is 24.9. The number of aliphatic hydroxyl groups excluding tert-OH is 1. The zero-order valence-electron chi connectivity index (χ0n) is 20.3. The normalized spacial score (nSPS) is 12.2. The highest BCUT2D eigenvalue weighted by atomic mass is 79.9. The van der Waals surface area contributed by atoms with Gasteiger partial charge in [0, 0.05) is 14.1 Å². The van der Waals surface area contributed by atoms with Gasteiger partial charge in [0.05, 0.1) is 24.3 Å². The molecular formula is C24H25BrN6O6. The van der Waals surface area contributed by atoms with Gasteiger partial charge in [-0.15, -0.1) is 0 Å². The average Bonchev–Trinajstić information content (AvgIpc) is 3.25. The highest BCUT2D eigenvalue weighted by Gasteiger charge is 2.21. The van der Waals surface area contributed by atoms with E-state index in [9.17, 15) is 19.8 Å². The van der Waals surface area contributed by atoms with Crippen LogP contribution in [0.15, 0.2) is 61.6 Å². The summed E-state index contributed by atoms with van der Waals surface area (Å²) in [5.74, 6) is 0.933. The van der Waals surface area contributed by atoms with Crippen molar-refractivity contribution in [2.45, 2.75) is 12.6 Å². The van der Waals surface area contributed by atoms with Crippen molar-refractivity contribution < 1.29 is 19.7 Å². The zero-order valence-corrected chi connectivity index (χ0v) is 21.8. The number of nitrogens with one attached hydrogen (secondary N) is 1. The second-order valence-corrected chi connectivity index (χ2v) is 8.98. The number of nitrogens with zero attached hydrogens (tertiary/aromatic N) is 5. The zero-order chi connectivity index (χ0) is 26.7. The molecule has 12 nitrogen and oxygen atoms in total. The molecule has 4 aromatic rings. The number of aliphatic hydroxyl groups is 1. The molecule has 0 aliphatic rings. The lowest BCUT2D eigenvalue weighted by Crippen LogP contribution is -2.38. The first kappa shape index (κ1) is 26.0. The summed E-state index contributed by atoms with van der Waals surface area (Å²) < 4.78 is 14.9. The Labute approximate surface area is 219 Å². The molecule has 0 amide bonds. The number of fused-ring (bicyclic) bond motifs is 1. The molecule has 0 radical (unpaired) electrons. The van der Waals surface area contributed by atoms with Crippen LogP contribution in [0.4, 0.5) is 5.95 Å². The Morgan fingerprint density at radius 3 is 2.62 bits per heavy atom. The summed E-state index contributed by atoms with van der Waals surface area (Å²) in [7, 11) is 4.31. The molecule has 0 aliphatic heterocycles. The van der Waals surface area contributed by atoms with Crippen molar-refractivity contribution in [1.82, 2.24) is 18.7 Å². The fraction of sp³-hybridized carbons (Fsp3) is 0.250. The summed E-state index contributed by atoms with van der Waals surface area (Å²) in [6, 6.07) is 12.2. The van der Waals surface area contributed by atoms with E-state index >= 15 is 0 Å². The molecule has 2 aromatic heterocycles. The van der Waals surface area contributed by atoms with Crippen LogP contribution in [0.5, 0.6) is 17.2 Å². The molecule has 37 heavy (non-hydrogen) atoms. The predicted octanol–water partition coefficient (Wildman–Crippen LogP) is 1.80. The largest absolute Gasteiger partial charge is 0.503 e. The van der Waals surface area contributed by atoms with E-state index in [-0.39, 0.29) is 41.8 Å². The van der Waals surface area contributed by atoms with Gasteiger partial charge in [-0.25, -0.2) is 10.2 Å². The number of aryl methyl sites for hydroxylation is 1. The third-order valence-corrected chi connectivity index (χ3v) is 6.18. The van der Waals surface area contributed by atoms with E-state index in [1.165, 1.54) is 36.6 Å². The maximum Gasteiger partial charge on any atom is 0.332 e. The fourth-order valence-corrected chi connectivity index (χ4v) is 4.13. The number of halogens is 1. The van der Waals surface area contributed by atoms with Crippen LogP contribution >= 0.6 is 15.9 Å². The van der Waals surface area contributed by atoms with Gasteiger partial charge in [0.15, 0.2) is 22.7 Å². The lowest BCUT2D eigenvalue weighted by molar-refractivity contribution is 0.0938. The summed E-state index contributed by atoms with van der Waals surface area (Å²) in [4.78, 5) is 29.8. The molecule has 194 valence electrons. The first-order chi connectivity index (χ1) is 17.7. The van der Waals surface area contributed by atoms with Gasteiger partial charge in [0.25, 0.3) is 5.56 Å². The number of aromatic nitrogens is 4. The molecule has 0 fully saturated rings. The van der Waals surface area contributed by atoms with E-state index < -0.39 is 17.4 Å². The highest BCUT2D eigenvalue weighted by molar-refractivity contribution is 9.10. The minimum Gasteiger partial charge on any atom is -0.503 e. The molecule has 0 saturated carbocycles. The van der Waals surface area contributed by atoms with E-state index in [0.29, 0.717) is 15.8 Å². The molecule has 4 rings (SSSR count). The van der Waals surface area contributed by atoms with Crippen LogP contribution in [-0.2, 0) is 20.6 Å². The number of hydrogen-bond donors (Lipinski definition) is 3. The molecular weight excluding hydrogens is 548 g/mol. The van der Waals surface area contributed by atoms with Crippen LogP contribution in [0.2, 0.25) is 0 Å². The molecule has 0 bridgehead atoms. The molecule has 3 N–H and O–H groups in total. The second-order valence-electron chi connectivity index (χ2n) is 8.13. The van der Waals surface area contributed by atoms with Gasteiger partial charge >= 0.3 is 5.69 Å². The minimum absolute atomic E-state index is 0.0419. The third-order valence-electron chi connectivity index (χ3n) is 5.58. The minimum atomic E-state index is -1.01. The van der Waals surface area contributed by atoms with Gasteiger partial charge in [-0.2, -0.15) is 10.1 Å². The van der Waals surface area contributed by atoms with E-state index in [0.717, 1.165) is 4.57 Å². The van der Waals surface area contributed by atoms with Crippen LogP contribution < -0.4 is 26.1 Å². The molecule has 0 aliphatic carbocycles. The quantitative estimate of drug-likeness (QED) is 0.203. The van der Waals surface area contributed by atoms with Crippen molar-refractivity contribution in [3.05, 3.63) is 73.3 Å². The molecule has 0 spiro atoms. The number of phenols is 1. The lowest BCUT2D eigenvalue weighted by Gasteiger charge is -2.15. The van der Waals surface area contributed by atoms with Gasteiger partial charge in [-0.3, -0.25) is 13.9 Å². The van der Waals surface area contributed by atoms with Gasteiger partial charge < -0.3 is 24.3 Å². The standard InChI is InChI=1S/C24H25BrN6O6/c1-29-21-19(22(34)30(2)24(29)35)31(12-15(32)13-37-16-7-5-4-6-8-16)23(27-21)28-26-11-14-9-17(25)20(33)18(10-14)36-3/h4-11,15,32-33H,12-13H2,1-3H3,(H,27,28). The van der Waals surface area contributed by atoms with Crippen molar-refractivity contribution in [1.29, 1.82) is 0 Å². The molecule has 1 atom stereocenters. The van der Waals surface area contributed by atoms with E-state index in [2.05, 4.69) is 31.4 Å². The number of ether oxygens (including phenoxy) is 2. The monoisotopic (exact) mass is 572 g/mol.